The molecule has 2 aromatic rings. The number of fused-ring (bicyclic) bond motifs is 1. The molecule has 7 heteroatoms. The third kappa shape index (κ3) is 2.72. The lowest BCUT2D eigenvalue weighted by molar-refractivity contribution is -0.135. The van der Waals surface area contributed by atoms with Gasteiger partial charge in [0.05, 0.1) is 12.5 Å². The van der Waals surface area contributed by atoms with Crippen LogP contribution in [-0.4, -0.2) is 32.2 Å². The van der Waals surface area contributed by atoms with Crippen LogP contribution < -0.4 is 5.69 Å². The molecule has 0 aromatic carbocycles. The van der Waals surface area contributed by atoms with E-state index in [-0.39, 0.29) is 17.5 Å². The van der Waals surface area contributed by atoms with E-state index in [2.05, 4.69) is 24.2 Å². The van der Waals surface area contributed by atoms with Crippen LogP contribution in [0.4, 0.5) is 0 Å². The van der Waals surface area contributed by atoms with Crippen molar-refractivity contribution >= 4 is 17.2 Å². The van der Waals surface area contributed by atoms with Crippen LogP contribution in [0.3, 0.4) is 0 Å². The van der Waals surface area contributed by atoms with Crippen LogP contribution in [0.1, 0.15) is 22.0 Å². The Labute approximate surface area is 133 Å². The maximum Gasteiger partial charge on any atom is 0.345 e. The molecule has 0 N–H and O–H groups in total. The lowest BCUT2D eigenvalue weighted by atomic mass is 9.98. The van der Waals surface area contributed by atoms with E-state index in [9.17, 15) is 9.59 Å². The Balaban J connectivity index is 1.70. The second-order valence-corrected chi connectivity index (χ2v) is 7.25. The fourth-order valence-electron chi connectivity index (χ4n) is 2.93. The minimum Gasteiger partial charge on any atom is -0.340 e. The van der Waals surface area contributed by atoms with Crippen LogP contribution in [-0.2, 0) is 31.4 Å². The van der Waals surface area contributed by atoms with E-state index in [1.807, 2.05) is 7.05 Å². The lowest BCUT2D eigenvalue weighted by Crippen LogP contribution is -2.39. The maximum atomic E-state index is 12.6. The van der Waals surface area contributed by atoms with Crippen molar-refractivity contribution in [3.05, 3.63) is 38.2 Å². The maximum absolute atomic E-state index is 12.6. The molecule has 3 rings (SSSR count). The van der Waals surface area contributed by atoms with Gasteiger partial charge in [0.15, 0.2) is 0 Å². The van der Waals surface area contributed by atoms with Crippen molar-refractivity contribution in [2.24, 2.45) is 13.0 Å². The normalized spacial score (nSPS) is 17.3. The Morgan fingerprint density at radius 3 is 2.95 bits per heavy atom. The Kier molecular flexibility index (Phi) is 3.90. The van der Waals surface area contributed by atoms with Gasteiger partial charge in [-0.3, -0.25) is 9.36 Å². The van der Waals surface area contributed by atoms with Crippen molar-refractivity contribution in [2.75, 3.05) is 7.05 Å². The molecule has 1 unspecified atom stereocenters. The fourth-order valence-corrected chi connectivity index (χ4v) is 3.88. The highest BCUT2D eigenvalue weighted by molar-refractivity contribution is 7.11. The zero-order valence-corrected chi connectivity index (χ0v) is 13.9. The molecule has 0 spiro atoms. The van der Waals surface area contributed by atoms with Gasteiger partial charge in [-0.15, -0.1) is 11.3 Å². The van der Waals surface area contributed by atoms with E-state index in [0.717, 1.165) is 12.2 Å². The number of aryl methyl sites for hydroxylation is 3. The van der Waals surface area contributed by atoms with E-state index in [1.54, 1.807) is 27.9 Å². The highest BCUT2D eigenvalue weighted by atomic mass is 32.1. The number of carbonyl (C=O) groups excluding carboxylic acids is 1. The van der Waals surface area contributed by atoms with Gasteiger partial charge in [-0.1, -0.05) is 0 Å². The number of rotatable bonds is 3. The van der Waals surface area contributed by atoms with Gasteiger partial charge < -0.3 is 4.90 Å². The number of thiophene rings is 1. The molecule has 6 nitrogen and oxygen atoms in total. The van der Waals surface area contributed by atoms with Crippen molar-refractivity contribution in [3.8, 4) is 0 Å². The monoisotopic (exact) mass is 320 g/mol. The number of hydrogen-bond acceptors (Lipinski definition) is 4. The van der Waals surface area contributed by atoms with Crippen LogP contribution in [0.5, 0.6) is 0 Å². The summed E-state index contributed by atoms with van der Waals surface area (Å²) in [5, 5.41) is 4.20. The Morgan fingerprint density at radius 1 is 1.50 bits per heavy atom. The second kappa shape index (κ2) is 5.72. The highest BCUT2D eigenvalue weighted by Gasteiger charge is 2.29. The van der Waals surface area contributed by atoms with Gasteiger partial charge in [0.1, 0.15) is 5.82 Å². The highest BCUT2D eigenvalue weighted by Crippen LogP contribution is 2.21. The van der Waals surface area contributed by atoms with E-state index in [0.29, 0.717) is 19.5 Å². The van der Waals surface area contributed by atoms with E-state index in [1.165, 1.54) is 14.4 Å². The quantitative estimate of drug-likeness (QED) is 0.853. The predicted octanol–water partition coefficient (Wildman–Crippen LogP) is 1.17. The largest absolute Gasteiger partial charge is 0.345 e. The van der Waals surface area contributed by atoms with Gasteiger partial charge >= 0.3 is 5.69 Å². The van der Waals surface area contributed by atoms with Gasteiger partial charge in [-0.05, 0) is 25.5 Å². The van der Waals surface area contributed by atoms with Crippen LogP contribution in [0.2, 0.25) is 0 Å². The molecule has 2 aromatic heterocycles. The van der Waals surface area contributed by atoms with Crippen LogP contribution in [0, 0.1) is 12.8 Å². The first kappa shape index (κ1) is 15.0. The standard InChI is InChI=1S/C15H20N4O2S/c1-10-4-6-12(22-10)9-17(2)14(20)11-5-7-13-16-18(3)15(21)19(13)8-11/h4,6,11H,5,7-9H2,1-3H3. The zero-order valence-electron chi connectivity index (χ0n) is 13.1. The minimum absolute atomic E-state index is 0.104. The van der Waals surface area contributed by atoms with Gasteiger partial charge in [0.2, 0.25) is 5.91 Å². The molecule has 0 saturated heterocycles. The molecule has 1 aliphatic heterocycles. The second-order valence-electron chi connectivity index (χ2n) is 5.88. The molecule has 0 aliphatic carbocycles. The number of aromatic nitrogens is 3. The lowest BCUT2D eigenvalue weighted by Gasteiger charge is -2.26. The summed E-state index contributed by atoms with van der Waals surface area (Å²) in [7, 11) is 3.48. The molecule has 0 saturated carbocycles. The molecule has 118 valence electrons. The number of nitrogens with zero attached hydrogens (tertiary/aromatic N) is 4. The summed E-state index contributed by atoms with van der Waals surface area (Å²) in [4.78, 5) is 28.8. The summed E-state index contributed by atoms with van der Waals surface area (Å²) in [6, 6.07) is 4.13. The van der Waals surface area contributed by atoms with Gasteiger partial charge in [0, 0.05) is 36.8 Å². The van der Waals surface area contributed by atoms with E-state index < -0.39 is 0 Å². The summed E-state index contributed by atoms with van der Waals surface area (Å²) in [5.41, 5.74) is -0.135. The predicted molar refractivity (Wildman–Crippen MR) is 84.8 cm³/mol. The molecule has 1 aliphatic rings. The summed E-state index contributed by atoms with van der Waals surface area (Å²) in [6.45, 7) is 3.13. The van der Waals surface area contributed by atoms with Crippen molar-refractivity contribution in [1.29, 1.82) is 0 Å². The van der Waals surface area contributed by atoms with Gasteiger partial charge in [-0.2, -0.15) is 5.10 Å². The van der Waals surface area contributed by atoms with Crippen molar-refractivity contribution in [2.45, 2.75) is 32.9 Å². The number of hydrogen-bond donors (Lipinski definition) is 0. The average molecular weight is 320 g/mol. The van der Waals surface area contributed by atoms with Crippen LogP contribution >= 0.6 is 11.3 Å². The van der Waals surface area contributed by atoms with Gasteiger partial charge in [-0.25, -0.2) is 9.48 Å². The molecule has 22 heavy (non-hydrogen) atoms. The van der Waals surface area contributed by atoms with E-state index >= 15 is 0 Å². The molecule has 0 bridgehead atoms. The first-order chi connectivity index (χ1) is 10.5. The summed E-state index contributed by atoms with van der Waals surface area (Å²) < 4.78 is 2.98. The molecule has 3 heterocycles. The first-order valence-electron chi connectivity index (χ1n) is 7.38. The minimum atomic E-state index is -0.138. The number of carbonyl (C=O) groups is 1. The smallest absolute Gasteiger partial charge is 0.340 e. The molecular formula is C15H20N4O2S. The van der Waals surface area contributed by atoms with Crippen molar-refractivity contribution in [3.63, 3.8) is 0 Å². The summed E-state index contributed by atoms with van der Waals surface area (Å²) in [5.74, 6) is 0.751. The molecule has 0 fully saturated rings. The SMILES string of the molecule is Cc1ccc(CN(C)C(=O)C2CCc3nn(C)c(=O)n3C2)s1. The Morgan fingerprint density at radius 2 is 2.27 bits per heavy atom. The molecule has 0 radical (unpaired) electrons. The summed E-state index contributed by atoms with van der Waals surface area (Å²) >= 11 is 1.71. The van der Waals surface area contributed by atoms with E-state index in [4.69, 9.17) is 0 Å². The van der Waals surface area contributed by atoms with Crippen molar-refractivity contribution < 1.29 is 4.79 Å². The Bertz CT molecular complexity index is 758. The third-order valence-corrected chi connectivity index (χ3v) is 5.10. The number of amides is 1. The molecular weight excluding hydrogens is 300 g/mol. The van der Waals surface area contributed by atoms with Crippen LogP contribution in [0.15, 0.2) is 16.9 Å². The average Bonchev–Trinajstić information content (AvgIpc) is 3.02. The summed E-state index contributed by atoms with van der Waals surface area (Å²) in [6.07, 6.45) is 1.43. The molecule has 1 atom stereocenters. The first-order valence-corrected chi connectivity index (χ1v) is 8.20. The zero-order chi connectivity index (χ0) is 15.9. The van der Waals surface area contributed by atoms with Gasteiger partial charge in [0.25, 0.3) is 0 Å². The van der Waals surface area contributed by atoms with Crippen LogP contribution in [0.25, 0.3) is 0 Å². The molecule has 1 amide bonds. The Hall–Kier alpha value is -1.89. The van der Waals surface area contributed by atoms with Crippen molar-refractivity contribution in [1.82, 2.24) is 19.2 Å². The fraction of sp³-hybridized carbons (Fsp3) is 0.533. The topological polar surface area (TPSA) is 60.1 Å². The third-order valence-electron chi connectivity index (χ3n) is 4.12.